The molecule has 68 heavy (non-hydrogen) atoms. The zero-order chi connectivity index (χ0) is 49.3. The van der Waals surface area contributed by atoms with E-state index >= 15 is 0 Å². The van der Waals surface area contributed by atoms with Crippen molar-refractivity contribution in [2.24, 2.45) is 0 Å². The van der Waals surface area contributed by atoms with E-state index in [-0.39, 0.29) is 31.1 Å². The Morgan fingerprint density at radius 3 is 0.853 bits per heavy atom. The van der Waals surface area contributed by atoms with Crippen molar-refractivity contribution in [3.63, 3.8) is 0 Å². The topological polar surface area (TPSA) is 78.9 Å². The Morgan fingerprint density at radius 1 is 0.294 bits per heavy atom. The van der Waals surface area contributed by atoms with Crippen LogP contribution >= 0.6 is 0 Å². The maximum atomic E-state index is 12.9. The highest BCUT2D eigenvalue weighted by Gasteiger charge is 2.19. The zero-order valence-corrected chi connectivity index (χ0v) is 45.6. The molecule has 6 nitrogen and oxygen atoms in total. The first kappa shape index (κ1) is 65.6. The Kier molecular flexibility index (Phi) is 55.2. The number of unbranched alkanes of at least 4 members (excludes halogenated alkanes) is 38. The molecular formula is C62H114O6. The van der Waals surface area contributed by atoms with Crippen LogP contribution in [0.3, 0.4) is 0 Å². The minimum Gasteiger partial charge on any atom is -0.462 e. The van der Waals surface area contributed by atoms with Gasteiger partial charge in [0.25, 0.3) is 0 Å². The smallest absolute Gasteiger partial charge is 0.306 e. The van der Waals surface area contributed by atoms with Crippen LogP contribution in [-0.2, 0) is 28.6 Å². The lowest BCUT2D eigenvalue weighted by atomic mass is 10.0. The number of allylic oxidation sites excluding steroid dienone is 6. The number of hydrogen-bond acceptors (Lipinski definition) is 6. The van der Waals surface area contributed by atoms with Gasteiger partial charge in [-0.3, -0.25) is 14.4 Å². The van der Waals surface area contributed by atoms with Crippen molar-refractivity contribution in [1.82, 2.24) is 0 Å². The SMILES string of the molecule is CCCCC/C=C\C/C=C\C/C=C\CCCCCCCCC(=O)OC[C@@H](COC(=O)CCCCCCCCCCCCCCCCC)OC(=O)CCCCCCCCCCCCCCCCCC. The minimum absolute atomic E-state index is 0.0711. The average molecular weight is 956 g/mol. The molecule has 0 N–H and O–H groups in total. The largest absolute Gasteiger partial charge is 0.462 e. The van der Waals surface area contributed by atoms with E-state index in [0.29, 0.717) is 19.3 Å². The first-order valence-corrected chi connectivity index (χ1v) is 30.0. The van der Waals surface area contributed by atoms with Gasteiger partial charge in [-0.05, 0) is 57.8 Å². The Labute approximate surface area is 423 Å². The molecule has 0 aromatic rings. The number of carbonyl (C=O) groups is 3. The second-order valence-electron chi connectivity index (χ2n) is 20.3. The molecule has 0 heterocycles. The fourth-order valence-corrected chi connectivity index (χ4v) is 8.86. The summed E-state index contributed by atoms with van der Waals surface area (Å²) in [5.41, 5.74) is 0. The second kappa shape index (κ2) is 57.2. The lowest BCUT2D eigenvalue weighted by molar-refractivity contribution is -0.167. The van der Waals surface area contributed by atoms with Gasteiger partial charge < -0.3 is 14.2 Å². The van der Waals surface area contributed by atoms with E-state index < -0.39 is 6.10 Å². The highest BCUT2D eigenvalue weighted by molar-refractivity contribution is 5.71. The maximum absolute atomic E-state index is 12.9. The lowest BCUT2D eigenvalue weighted by Gasteiger charge is -2.18. The number of hydrogen-bond donors (Lipinski definition) is 0. The lowest BCUT2D eigenvalue weighted by Crippen LogP contribution is -2.30. The van der Waals surface area contributed by atoms with Crippen LogP contribution in [0.4, 0.5) is 0 Å². The van der Waals surface area contributed by atoms with Crippen molar-refractivity contribution in [3.05, 3.63) is 36.5 Å². The van der Waals surface area contributed by atoms with Gasteiger partial charge in [-0.2, -0.15) is 0 Å². The van der Waals surface area contributed by atoms with Gasteiger partial charge >= 0.3 is 17.9 Å². The summed E-state index contributed by atoms with van der Waals surface area (Å²) < 4.78 is 16.9. The molecule has 0 unspecified atom stereocenters. The van der Waals surface area contributed by atoms with Gasteiger partial charge in [0.05, 0.1) is 0 Å². The molecule has 0 rings (SSSR count). The number of rotatable bonds is 55. The summed E-state index contributed by atoms with van der Waals surface area (Å²) in [7, 11) is 0. The third-order valence-corrected chi connectivity index (χ3v) is 13.4. The van der Waals surface area contributed by atoms with Gasteiger partial charge in [0.2, 0.25) is 0 Å². The minimum atomic E-state index is -0.773. The monoisotopic (exact) mass is 955 g/mol. The van der Waals surface area contributed by atoms with E-state index in [1.165, 1.54) is 205 Å². The van der Waals surface area contributed by atoms with Crippen LogP contribution in [0.2, 0.25) is 0 Å². The van der Waals surface area contributed by atoms with Gasteiger partial charge in [0, 0.05) is 19.3 Å². The summed E-state index contributed by atoms with van der Waals surface area (Å²) in [6.07, 6.45) is 68.4. The molecule has 0 aromatic carbocycles. The van der Waals surface area contributed by atoms with Crippen molar-refractivity contribution >= 4 is 17.9 Å². The highest BCUT2D eigenvalue weighted by Crippen LogP contribution is 2.17. The fourth-order valence-electron chi connectivity index (χ4n) is 8.86. The molecule has 0 fully saturated rings. The molecule has 1 atom stereocenters. The quantitative estimate of drug-likeness (QED) is 0.0262. The van der Waals surface area contributed by atoms with Crippen LogP contribution in [0.1, 0.15) is 323 Å². The van der Waals surface area contributed by atoms with Gasteiger partial charge in [-0.25, -0.2) is 0 Å². The zero-order valence-electron chi connectivity index (χ0n) is 45.6. The number of ether oxygens (including phenoxy) is 3. The molecule has 0 aliphatic carbocycles. The molecule has 6 heteroatoms. The molecule has 0 saturated heterocycles. The van der Waals surface area contributed by atoms with Crippen LogP contribution in [-0.4, -0.2) is 37.2 Å². The molecule has 0 aliphatic heterocycles. The number of esters is 3. The molecule has 0 amide bonds. The molecule has 0 aromatic heterocycles. The van der Waals surface area contributed by atoms with E-state index in [1.807, 2.05) is 0 Å². The van der Waals surface area contributed by atoms with E-state index in [2.05, 4.69) is 57.2 Å². The Bertz CT molecular complexity index is 1140. The predicted molar refractivity (Wildman–Crippen MR) is 293 cm³/mol. The third kappa shape index (κ3) is 54.6. The normalized spacial score (nSPS) is 12.2. The van der Waals surface area contributed by atoms with Crippen LogP contribution in [0.5, 0.6) is 0 Å². The van der Waals surface area contributed by atoms with Gasteiger partial charge in [-0.1, -0.05) is 282 Å². The molecular weight excluding hydrogens is 841 g/mol. The second-order valence-corrected chi connectivity index (χ2v) is 20.3. The summed E-state index contributed by atoms with van der Waals surface area (Å²) in [6, 6.07) is 0. The van der Waals surface area contributed by atoms with Crippen molar-refractivity contribution in [2.45, 2.75) is 329 Å². The van der Waals surface area contributed by atoms with Crippen LogP contribution in [0.25, 0.3) is 0 Å². The first-order valence-electron chi connectivity index (χ1n) is 30.0. The van der Waals surface area contributed by atoms with Crippen LogP contribution in [0.15, 0.2) is 36.5 Å². The Balaban J connectivity index is 4.35. The molecule has 0 radical (unpaired) electrons. The molecule has 0 saturated carbocycles. The predicted octanol–water partition coefficient (Wildman–Crippen LogP) is 20.0. The van der Waals surface area contributed by atoms with Crippen LogP contribution < -0.4 is 0 Å². The standard InChI is InChI=1S/C62H114O6/c1-4-7-10-13-16-19-22-25-28-30-31-32-35-37-40-43-46-49-52-55-61(64)67-58-59(57-66-60(63)54-51-48-45-42-39-36-33-27-24-21-18-15-12-9-6-3)68-62(65)56-53-50-47-44-41-38-34-29-26-23-20-17-14-11-8-5-2/h16,19,25,28,31-32,59H,4-15,17-18,20-24,26-27,29-30,33-58H2,1-3H3/b19-16-,28-25-,32-31-/t59-/m1/s1. The summed E-state index contributed by atoms with van der Waals surface area (Å²) in [5.74, 6) is -0.862. The molecule has 398 valence electrons. The summed E-state index contributed by atoms with van der Waals surface area (Å²) in [4.78, 5) is 38.2. The summed E-state index contributed by atoms with van der Waals surface area (Å²) >= 11 is 0. The van der Waals surface area contributed by atoms with Crippen molar-refractivity contribution in [2.75, 3.05) is 13.2 Å². The summed E-state index contributed by atoms with van der Waals surface area (Å²) in [5, 5.41) is 0. The van der Waals surface area contributed by atoms with E-state index in [1.54, 1.807) is 0 Å². The first-order chi connectivity index (χ1) is 33.5. The molecule has 0 spiro atoms. The van der Waals surface area contributed by atoms with E-state index in [4.69, 9.17) is 14.2 Å². The summed E-state index contributed by atoms with van der Waals surface area (Å²) in [6.45, 7) is 6.65. The van der Waals surface area contributed by atoms with Crippen molar-refractivity contribution in [1.29, 1.82) is 0 Å². The van der Waals surface area contributed by atoms with Gasteiger partial charge in [0.1, 0.15) is 13.2 Å². The average Bonchev–Trinajstić information content (AvgIpc) is 3.34. The van der Waals surface area contributed by atoms with Crippen LogP contribution in [0, 0.1) is 0 Å². The van der Waals surface area contributed by atoms with E-state index in [0.717, 1.165) is 77.0 Å². The van der Waals surface area contributed by atoms with Gasteiger partial charge in [-0.15, -0.1) is 0 Å². The Morgan fingerprint density at radius 2 is 0.529 bits per heavy atom. The van der Waals surface area contributed by atoms with Gasteiger partial charge in [0.15, 0.2) is 6.10 Å². The maximum Gasteiger partial charge on any atom is 0.306 e. The number of carbonyl (C=O) groups excluding carboxylic acids is 3. The van der Waals surface area contributed by atoms with Crippen molar-refractivity contribution < 1.29 is 28.6 Å². The Hall–Kier alpha value is -2.37. The van der Waals surface area contributed by atoms with Crippen molar-refractivity contribution in [3.8, 4) is 0 Å². The fraction of sp³-hybridized carbons (Fsp3) is 0.855. The van der Waals surface area contributed by atoms with E-state index in [9.17, 15) is 14.4 Å². The molecule has 0 bridgehead atoms. The third-order valence-electron chi connectivity index (χ3n) is 13.4. The highest BCUT2D eigenvalue weighted by atomic mass is 16.6. The molecule has 0 aliphatic rings.